The van der Waals surface area contributed by atoms with Crippen molar-refractivity contribution in [2.75, 3.05) is 6.61 Å². The Morgan fingerprint density at radius 2 is 2.26 bits per heavy atom. The van der Waals surface area contributed by atoms with E-state index in [0.717, 1.165) is 12.8 Å². The molecule has 106 valence electrons. The molecule has 0 aliphatic carbocycles. The number of hydrogen-bond donors (Lipinski definition) is 2. The average Bonchev–Trinajstić information content (AvgIpc) is 2.92. The second-order valence-corrected chi connectivity index (χ2v) is 5.10. The lowest BCUT2D eigenvalue weighted by molar-refractivity contribution is 0.133. The van der Waals surface area contributed by atoms with Crippen molar-refractivity contribution in [1.82, 2.24) is 30.4 Å². The van der Waals surface area contributed by atoms with E-state index < -0.39 is 0 Å². The molecule has 1 saturated heterocycles. The fourth-order valence-corrected chi connectivity index (χ4v) is 2.46. The number of amides is 2. The van der Waals surface area contributed by atoms with Crippen molar-refractivity contribution in [2.24, 2.45) is 7.05 Å². The molecule has 0 spiro atoms. The van der Waals surface area contributed by atoms with Crippen LogP contribution in [-0.4, -0.2) is 54.9 Å². The first-order valence-corrected chi connectivity index (χ1v) is 6.46. The van der Waals surface area contributed by atoms with Crippen LogP contribution in [0.1, 0.15) is 38.6 Å². The monoisotopic (exact) mass is 268 g/mol. The van der Waals surface area contributed by atoms with Gasteiger partial charge in [-0.15, -0.1) is 5.10 Å². The number of nitrogens with one attached hydrogen (secondary N) is 1. The number of aliphatic hydroxyl groups excluding tert-OH is 1. The highest BCUT2D eigenvalue weighted by atomic mass is 16.3. The third kappa shape index (κ3) is 2.67. The second kappa shape index (κ2) is 5.52. The summed E-state index contributed by atoms with van der Waals surface area (Å²) in [4.78, 5) is 13.9. The molecular weight excluding hydrogens is 248 g/mol. The van der Waals surface area contributed by atoms with Crippen LogP contribution >= 0.6 is 0 Å². The van der Waals surface area contributed by atoms with Crippen molar-refractivity contribution >= 4 is 6.03 Å². The number of aryl methyl sites for hydroxylation is 1. The molecule has 0 unspecified atom stereocenters. The molecule has 8 nitrogen and oxygen atoms in total. The normalized spacial score (nSPS) is 23.1. The van der Waals surface area contributed by atoms with Crippen molar-refractivity contribution < 1.29 is 9.90 Å². The summed E-state index contributed by atoms with van der Waals surface area (Å²) in [5.74, 6) is 0.648. The number of carbonyl (C=O) groups excluding carboxylic acids is 1. The maximum Gasteiger partial charge on any atom is 0.318 e. The van der Waals surface area contributed by atoms with Gasteiger partial charge in [0.2, 0.25) is 0 Å². The largest absolute Gasteiger partial charge is 0.394 e. The Bertz CT molecular complexity index is 446. The standard InChI is InChI=1S/C11H20N6O2/c1-7(2)12-11(19)17-8(6-18)4-5-9(17)10-13-14-15-16(10)3/h7-9,18H,4-6H2,1-3H3,(H,12,19)/t8-,9+/m0/s1. The molecule has 1 fully saturated rings. The highest BCUT2D eigenvalue weighted by molar-refractivity contribution is 5.75. The minimum absolute atomic E-state index is 0.0470. The van der Waals surface area contributed by atoms with E-state index in [1.54, 1.807) is 16.6 Å². The molecule has 2 atom stereocenters. The van der Waals surface area contributed by atoms with E-state index >= 15 is 0 Å². The molecule has 2 amide bonds. The van der Waals surface area contributed by atoms with Crippen LogP contribution in [0.4, 0.5) is 4.79 Å². The lowest BCUT2D eigenvalue weighted by atomic mass is 10.2. The SMILES string of the molecule is CC(C)NC(=O)N1[C@H](CO)CC[C@@H]1c1nnnn1C. The number of urea groups is 1. The zero-order chi connectivity index (χ0) is 14.0. The molecule has 2 heterocycles. The summed E-state index contributed by atoms with van der Waals surface area (Å²) in [5.41, 5.74) is 0. The summed E-state index contributed by atoms with van der Waals surface area (Å²) in [6.07, 6.45) is 1.50. The van der Waals surface area contributed by atoms with Gasteiger partial charge in [0.1, 0.15) is 0 Å². The first-order chi connectivity index (χ1) is 9.04. The maximum absolute atomic E-state index is 12.3. The molecule has 2 rings (SSSR count). The summed E-state index contributed by atoms with van der Waals surface area (Å²) in [6.45, 7) is 3.76. The number of likely N-dealkylation sites (tertiary alicyclic amines) is 1. The summed E-state index contributed by atoms with van der Waals surface area (Å²) < 4.78 is 1.57. The number of aromatic nitrogens is 4. The van der Waals surface area contributed by atoms with E-state index in [-0.39, 0.29) is 30.8 Å². The number of aliphatic hydroxyl groups is 1. The summed E-state index contributed by atoms with van der Waals surface area (Å²) in [6, 6.07) is -0.499. The number of rotatable bonds is 3. The molecular formula is C11H20N6O2. The zero-order valence-corrected chi connectivity index (χ0v) is 11.4. The maximum atomic E-state index is 12.3. The van der Waals surface area contributed by atoms with Crippen molar-refractivity contribution in [3.8, 4) is 0 Å². The molecule has 8 heteroatoms. The molecule has 1 aromatic heterocycles. The third-order valence-corrected chi connectivity index (χ3v) is 3.31. The predicted molar refractivity (Wildman–Crippen MR) is 67.2 cm³/mol. The predicted octanol–water partition coefficient (Wildman–Crippen LogP) is -0.174. The van der Waals surface area contributed by atoms with Gasteiger partial charge in [0.15, 0.2) is 5.82 Å². The van der Waals surface area contributed by atoms with E-state index in [2.05, 4.69) is 20.8 Å². The molecule has 0 aromatic carbocycles. The Morgan fingerprint density at radius 3 is 2.79 bits per heavy atom. The van der Waals surface area contributed by atoms with Crippen LogP contribution in [-0.2, 0) is 7.05 Å². The molecule has 1 aliphatic heterocycles. The summed E-state index contributed by atoms with van der Waals surface area (Å²) in [7, 11) is 1.75. The number of tetrazole rings is 1. The highest BCUT2D eigenvalue weighted by Crippen LogP contribution is 2.34. The van der Waals surface area contributed by atoms with Crippen LogP contribution < -0.4 is 5.32 Å². The Balaban J connectivity index is 2.23. The Hall–Kier alpha value is -1.70. The van der Waals surface area contributed by atoms with Gasteiger partial charge in [-0.3, -0.25) is 0 Å². The van der Waals surface area contributed by atoms with Crippen molar-refractivity contribution in [3.05, 3.63) is 5.82 Å². The van der Waals surface area contributed by atoms with Crippen LogP contribution in [0, 0.1) is 0 Å². The lowest BCUT2D eigenvalue weighted by Crippen LogP contribution is -2.47. The Labute approximate surface area is 111 Å². The number of hydrogen-bond acceptors (Lipinski definition) is 5. The summed E-state index contributed by atoms with van der Waals surface area (Å²) in [5, 5.41) is 23.7. The van der Waals surface area contributed by atoms with Crippen LogP contribution in [0.15, 0.2) is 0 Å². The van der Waals surface area contributed by atoms with Gasteiger partial charge in [0, 0.05) is 13.1 Å². The van der Waals surface area contributed by atoms with Crippen LogP contribution in [0.5, 0.6) is 0 Å². The topological polar surface area (TPSA) is 96.2 Å². The molecule has 0 saturated carbocycles. The van der Waals surface area contributed by atoms with E-state index in [0.29, 0.717) is 5.82 Å². The zero-order valence-electron chi connectivity index (χ0n) is 11.4. The third-order valence-electron chi connectivity index (χ3n) is 3.31. The van der Waals surface area contributed by atoms with Crippen LogP contribution in [0.2, 0.25) is 0 Å². The first kappa shape index (κ1) is 13.7. The van der Waals surface area contributed by atoms with Gasteiger partial charge in [-0.1, -0.05) is 0 Å². The van der Waals surface area contributed by atoms with Gasteiger partial charge in [0.05, 0.1) is 18.7 Å². The van der Waals surface area contributed by atoms with E-state index in [1.807, 2.05) is 13.8 Å². The van der Waals surface area contributed by atoms with Gasteiger partial charge in [-0.05, 0) is 37.1 Å². The van der Waals surface area contributed by atoms with Gasteiger partial charge in [-0.25, -0.2) is 9.48 Å². The highest BCUT2D eigenvalue weighted by Gasteiger charge is 2.40. The summed E-state index contributed by atoms with van der Waals surface area (Å²) >= 11 is 0. The fourth-order valence-electron chi connectivity index (χ4n) is 2.46. The second-order valence-electron chi connectivity index (χ2n) is 5.10. The lowest BCUT2D eigenvalue weighted by Gasteiger charge is -2.29. The van der Waals surface area contributed by atoms with Crippen molar-refractivity contribution in [1.29, 1.82) is 0 Å². The van der Waals surface area contributed by atoms with Crippen molar-refractivity contribution in [3.63, 3.8) is 0 Å². The molecule has 19 heavy (non-hydrogen) atoms. The van der Waals surface area contributed by atoms with Gasteiger partial charge < -0.3 is 15.3 Å². The smallest absolute Gasteiger partial charge is 0.318 e. The molecule has 2 N–H and O–H groups in total. The average molecular weight is 268 g/mol. The first-order valence-electron chi connectivity index (χ1n) is 6.46. The Morgan fingerprint density at radius 1 is 1.53 bits per heavy atom. The van der Waals surface area contributed by atoms with Crippen molar-refractivity contribution in [2.45, 2.75) is 44.8 Å². The molecule has 1 aliphatic rings. The van der Waals surface area contributed by atoms with Gasteiger partial charge in [0.25, 0.3) is 0 Å². The van der Waals surface area contributed by atoms with Crippen LogP contribution in [0.25, 0.3) is 0 Å². The van der Waals surface area contributed by atoms with Gasteiger partial charge >= 0.3 is 6.03 Å². The van der Waals surface area contributed by atoms with E-state index in [4.69, 9.17) is 0 Å². The van der Waals surface area contributed by atoms with E-state index in [1.165, 1.54) is 0 Å². The number of nitrogens with zero attached hydrogens (tertiary/aromatic N) is 5. The minimum atomic E-state index is -0.184. The molecule has 0 bridgehead atoms. The fraction of sp³-hybridized carbons (Fsp3) is 0.818. The number of carbonyl (C=O) groups is 1. The Kier molecular flexibility index (Phi) is 3.98. The van der Waals surface area contributed by atoms with Gasteiger partial charge in [-0.2, -0.15) is 0 Å². The quantitative estimate of drug-likeness (QED) is 0.793. The molecule has 0 radical (unpaired) electrons. The minimum Gasteiger partial charge on any atom is -0.394 e. The van der Waals surface area contributed by atoms with Crippen LogP contribution in [0.3, 0.4) is 0 Å². The molecule has 1 aromatic rings. The van der Waals surface area contributed by atoms with E-state index in [9.17, 15) is 9.90 Å².